The first-order valence-electron chi connectivity index (χ1n) is 7.01. The molecule has 1 heterocycles. The zero-order valence-electron chi connectivity index (χ0n) is 12.5. The summed E-state index contributed by atoms with van der Waals surface area (Å²) in [6.07, 6.45) is -4.60. The molecule has 1 aliphatic carbocycles. The number of rotatable bonds is 3. The minimum Gasteiger partial charge on any atom is -0.455 e. The van der Waals surface area contributed by atoms with E-state index in [1.807, 2.05) is 0 Å². The van der Waals surface area contributed by atoms with Gasteiger partial charge in [-0.1, -0.05) is 0 Å². The average Bonchev–Trinajstić information content (AvgIpc) is 2.71. The number of pyridine rings is 1. The maximum absolute atomic E-state index is 13.7. The van der Waals surface area contributed by atoms with Crippen molar-refractivity contribution in [3.63, 3.8) is 0 Å². The second-order valence-corrected chi connectivity index (χ2v) is 5.51. The SMILES string of the molecule is N#Cc1cc(F)cc(Oc2cnc3c(c2C(F)F)CC(F)(F)C3(F)F)c1. The van der Waals surface area contributed by atoms with E-state index in [0.717, 1.165) is 18.2 Å². The highest BCUT2D eigenvalue weighted by Gasteiger charge is 2.65. The molecule has 1 aromatic heterocycles. The number of nitriles is 1. The Bertz CT molecular complexity index is 922. The predicted molar refractivity (Wildman–Crippen MR) is 72.9 cm³/mol. The number of benzene rings is 1. The number of aromatic nitrogens is 1. The standard InChI is InChI=1S/C16H7F7N2O/c17-8-1-7(5-24)2-9(3-8)26-11-6-25-13-10(12(11)14(18)19)4-15(20,21)16(13,22)23/h1-3,6,14H,4H2. The summed E-state index contributed by atoms with van der Waals surface area (Å²) in [5.74, 6) is -11.3. The highest BCUT2D eigenvalue weighted by molar-refractivity contribution is 5.49. The third kappa shape index (κ3) is 2.73. The highest BCUT2D eigenvalue weighted by Crippen LogP contribution is 2.54. The molecule has 0 amide bonds. The van der Waals surface area contributed by atoms with Crippen molar-refractivity contribution in [2.75, 3.05) is 0 Å². The van der Waals surface area contributed by atoms with Gasteiger partial charge in [0.05, 0.1) is 23.4 Å². The van der Waals surface area contributed by atoms with Crippen molar-refractivity contribution in [2.45, 2.75) is 24.7 Å². The lowest BCUT2D eigenvalue weighted by Gasteiger charge is -2.18. The molecule has 0 unspecified atom stereocenters. The Labute approximate surface area is 141 Å². The normalized spacial score (nSPS) is 17.0. The zero-order chi connectivity index (χ0) is 19.3. The number of hydrogen-bond acceptors (Lipinski definition) is 3. The van der Waals surface area contributed by atoms with Gasteiger partial charge < -0.3 is 4.74 Å². The summed E-state index contributed by atoms with van der Waals surface area (Å²) < 4.78 is 99.6. The summed E-state index contributed by atoms with van der Waals surface area (Å²) >= 11 is 0. The molecule has 10 heteroatoms. The van der Waals surface area contributed by atoms with E-state index in [4.69, 9.17) is 10.00 Å². The number of halogens is 7. The summed E-state index contributed by atoms with van der Waals surface area (Å²) in [6.45, 7) is 0. The quantitative estimate of drug-likeness (QED) is 0.700. The fourth-order valence-electron chi connectivity index (χ4n) is 2.64. The fraction of sp³-hybridized carbons (Fsp3) is 0.250. The third-order valence-corrected chi connectivity index (χ3v) is 3.79. The number of ether oxygens (including phenoxy) is 1. The molecule has 1 aliphatic rings. The highest BCUT2D eigenvalue weighted by atomic mass is 19.3. The largest absolute Gasteiger partial charge is 0.455 e. The molecule has 3 rings (SSSR count). The molecular formula is C16H7F7N2O. The first kappa shape index (κ1) is 18.0. The third-order valence-electron chi connectivity index (χ3n) is 3.79. The van der Waals surface area contributed by atoms with Crippen LogP contribution in [-0.2, 0) is 12.3 Å². The molecule has 0 aliphatic heterocycles. The van der Waals surface area contributed by atoms with Crippen LogP contribution in [0.4, 0.5) is 30.7 Å². The first-order chi connectivity index (χ1) is 12.1. The van der Waals surface area contributed by atoms with Crippen LogP contribution in [0.2, 0.25) is 0 Å². The van der Waals surface area contributed by atoms with Crippen LogP contribution in [0.3, 0.4) is 0 Å². The first-order valence-corrected chi connectivity index (χ1v) is 7.01. The van der Waals surface area contributed by atoms with Gasteiger partial charge in [0.1, 0.15) is 17.3 Å². The molecule has 0 saturated carbocycles. The molecule has 136 valence electrons. The van der Waals surface area contributed by atoms with Gasteiger partial charge >= 0.3 is 11.8 Å². The molecule has 0 saturated heterocycles. The average molecular weight is 376 g/mol. The van der Waals surface area contributed by atoms with Gasteiger partial charge in [-0.05, 0) is 17.7 Å². The molecule has 0 bridgehead atoms. The van der Waals surface area contributed by atoms with Crippen LogP contribution < -0.4 is 4.74 Å². The van der Waals surface area contributed by atoms with E-state index in [0.29, 0.717) is 6.20 Å². The van der Waals surface area contributed by atoms with E-state index >= 15 is 0 Å². The number of fused-ring (bicyclic) bond motifs is 1. The second kappa shape index (κ2) is 5.86. The molecule has 0 N–H and O–H groups in total. The van der Waals surface area contributed by atoms with Crippen LogP contribution in [0, 0.1) is 17.1 Å². The van der Waals surface area contributed by atoms with Gasteiger partial charge in [-0.3, -0.25) is 4.98 Å². The molecule has 2 aromatic rings. The van der Waals surface area contributed by atoms with Crippen LogP contribution >= 0.6 is 0 Å². The van der Waals surface area contributed by atoms with Crippen LogP contribution in [0.5, 0.6) is 11.5 Å². The summed E-state index contributed by atoms with van der Waals surface area (Å²) in [5.41, 5.74) is -3.81. The molecule has 0 radical (unpaired) electrons. The Kier molecular flexibility index (Phi) is 4.05. The van der Waals surface area contributed by atoms with Gasteiger partial charge in [-0.15, -0.1) is 0 Å². The molecule has 0 spiro atoms. The van der Waals surface area contributed by atoms with Gasteiger partial charge in [0.2, 0.25) is 0 Å². The van der Waals surface area contributed by atoms with Crippen LogP contribution in [-0.4, -0.2) is 10.9 Å². The smallest absolute Gasteiger partial charge is 0.352 e. The summed E-state index contributed by atoms with van der Waals surface area (Å²) in [7, 11) is 0. The van der Waals surface area contributed by atoms with Crippen molar-refractivity contribution in [1.29, 1.82) is 5.26 Å². The van der Waals surface area contributed by atoms with E-state index in [-0.39, 0.29) is 11.3 Å². The Hall–Kier alpha value is -2.83. The molecular weight excluding hydrogens is 369 g/mol. The molecule has 3 nitrogen and oxygen atoms in total. The van der Waals surface area contributed by atoms with Crippen LogP contribution in [0.25, 0.3) is 0 Å². The van der Waals surface area contributed by atoms with Gasteiger partial charge in [0.15, 0.2) is 5.75 Å². The topological polar surface area (TPSA) is 45.9 Å². The van der Waals surface area contributed by atoms with Crippen LogP contribution in [0.1, 0.15) is 28.8 Å². The summed E-state index contributed by atoms with van der Waals surface area (Å²) in [6, 6.07) is 4.23. The van der Waals surface area contributed by atoms with Crippen molar-refractivity contribution < 1.29 is 35.5 Å². The van der Waals surface area contributed by atoms with Crippen molar-refractivity contribution in [3.05, 3.63) is 52.6 Å². The van der Waals surface area contributed by atoms with Gasteiger partial charge in [0.25, 0.3) is 6.43 Å². The maximum Gasteiger partial charge on any atom is 0.352 e. The van der Waals surface area contributed by atoms with Crippen molar-refractivity contribution in [1.82, 2.24) is 4.98 Å². The van der Waals surface area contributed by atoms with E-state index in [1.54, 1.807) is 6.07 Å². The van der Waals surface area contributed by atoms with E-state index in [1.165, 1.54) is 0 Å². The van der Waals surface area contributed by atoms with E-state index < -0.39 is 53.1 Å². The molecule has 0 fully saturated rings. The number of nitrogens with zero attached hydrogens (tertiary/aromatic N) is 2. The van der Waals surface area contributed by atoms with Gasteiger partial charge in [0, 0.05) is 12.5 Å². The lowest BCUT2D eigenvalue weighted by molar-refractivity contribution is -0.204. The summed E-state index contributed by atoms with van der Waals surface area (Å²) in [5, 5.41) is 8.77. The molecule has 26 heavy (non-hydrogen) atoms. The van der Waals surface area contributed by atoms with Crippen molar-refractivity contribution in [3.8, 4) is 17.6 Å². The van der Waals surface area contributed by atoms with Crippen LogP contribution in [0.15, 0.2) is 24.4 Å². The lowest BCUT2D eigenvalue weighted by atomic mass is 10.1. The Balaban J connectivity index is 2.12. The van der Waals surface area contributed by atoms with Gasteiger partial charge in [-0.25, -0.2) is 13.2 Å². The Morgan fingerprint density at radius 3 is 2.46 bits per heavy atom. The maximum atomic E-state index is 13.7. The monoisotopic (exact) mass is 376 g/mol. The predicted octanol–water partition coefficient (Wildman–Crippen LogP) is 5.11. The van der Waals surface area contributed by atoms with E-state index in [2.05, 4.69) is 4.98 Å². The summed E-state index contributed by atoms with van der Waals surface area (Å²) in [4.78, 5) is 3.16. The zero-order valence-corrected chi connectivity index (χ0v) is 12.5. The minimum absolute atomic E-state index is 0.189. The Morgan fingerprint density at radius 1 is 1.15 bits per heavy atom. The second-order valence-electron chi connectivity index (χ2n) is 5.51. The fourth-order valence-corrected chi connectivity index (χ4v) is 2.64. The van der Waals surface area contributed by atoms with Crippen molar-refractivity contribution >= 4 is 0 Å². The lowest BCUT2D eigenvalue weighted by Crippen LogP contribution is -2.34. The van der Waals surface area contributed by atoms with E-state index in [9.17, 15) is 30.7 Å². The number of hydrogen-bond donors (Lipinski definition) is 0. The molecule has 1 aromatic carbocycles. The van der Waals surface area contributed by atoms with Crippen molar-refractivity contribution in [2.24, 2.45) is 0 Å². The minimum atomic E-state index is -4.70. The van der Waals surface area contributed by atoms with Gasteiger partial charge in [-0.2, -0.15) is 22.8 Å². The Morgan fingerprint density at radius 2 is 1.85 bits per heavy atom. The molecule has 0 atom stereocenters. The number of alkyl halides is 6.